The van der Waals surface area contributed by atoms with Crippen LogP contribution in [0.1, 0.15) is 5.56 Å². The van der Waals surface area contributed by atoms with Crippen molar-refractivity contribution >= 4 is 28.7 Å². The van der Waals surface area contributed by atoms with Gasteiger partial charge in [-0.1, -0.05) is 24.4 Å². The molecule has 21 heavy (non-hydrogen) atoms. The van der Waals surface area contributed by atoms with E-state index in [1.165, 1.54) is 24.4 Å². The van der Waals surface area contributed by atoms with Crippen molar-refractivity contribution in [2.24, 2.45) is 5.73 Å². The van der Waals surface area contributed by atoms with E-state index in [9.17, 15) is 13.2 Å². The van der Waals surface area contributed by atoms with Crippen LogP contribution in [-0.2, 0) is 0 Å². The van der Waals surface area contributed by atoms with Crippen LogP contribution in [0.2, 0.25) is 0 Å². The third-order valence-electron chi connectivity index (χ3n) is 2.44. The summed E-state index contributed by atoms with van der Waals surface area (Å²) < 4.78 is 41.0. The van der Waals surface area contributed by atoms with Crippen LogP contribution in [0, 0.1) is 0 Å². The number of pyridine rings is 1. The van der Waals surface area contributed by atoms with Gasteiger partial charge in [-0.05, 0) is 24.3 Å². The summed E-state index contributed by atoms with van der Waals surface area (Å²) in [6.07, 6.45) is -3.31. The van der Waals surface area contributed by atoms with E-state index < -0.39 is 6.36 Å². The normalized spacial score (nSPS) is 11.0. The Morgan fingerprint density at radius 3 is 2.57 bits per heavy atom. The van der Waals surface area contributed by atoms with E-state index in [-0.39, 0.29) is 22.2 Å². The van der Waals surface area contributed by atoms with Gasteiger partial charge in [-0.2, -0.15) is 0 Å². The highest BCUT2D eigenvalue weighted by Crippen LogP contribution is 2.32. The fourth-order valence-corrected chi connectivity index (χ4v) is 1.78. The molecule has 0 spiro atoms. The number of hydrogen-bond acceptors (Lipinski definition) is 4. The maximum Gasteiger partial charge on any atom is 0.573 e. The van der Waals surface area contributed by atoms with Crippen molar-refractivity contribution in [3.8, 4) is 5.75 Å². The number of ether oxygens (including phenoxy) is 1. The Balaban J connectivity index is 2.35. The molecule has 2 aromatic rings. The lowest BCUT2D eigenvalue weighted by Crippen LogP contribution is -2.18. The second-order valence-corrected chi connectivity index (χ2v) is 4.37. The van der Waals surface area contributed by atoms with E-state index in [1.807, 2.05) is 0 Å². The number of nitrogens with one attached hydrogen (secondary N) is 1. The first-order valence-corrected chi connectivity index (χ1v) is 6.14. The molecule has 0 unspecified atom stereocenters. The molecule has 0 fully saturated rings. The Bertz CT molecular complexity index is 661. The third kappa shape index (κ3) is 4.06. The Morgan fingerprint density at radius 2 is 1.90 bits per heavy atom. The highest BCUT2D eigenvalue weighted by molar-refractivity contribution is 7.80. The Hall–Kier alpha value is -2.35. The number of para-hydroxylation sites is 2. The Morgan fingerprint density at radius 1 is 1.19 bits per heavy atom. The number of halogens is 3. The Labute approximate surface area is 123 Å². The third-order valence-corrected chi connectivity index (χ3v) is 2.66. The number of thiocarbonyl (C=S) groups is 1. The highest BCUT2D eigenvalue weighted by atomic mass is 32.1. The lowest BCUT2D eigenvalue weighted by atomic mass is 10.2. The SMILES string of the molecule is NC(=S)c1cccnc1Nc1ccccc1OC(F)(F)F. The molecule has 3 N–H and O–H groups in total. The van der Waals surface area contributed by atoms with Gasteiger partial charge >= 0.3 is 6.36 Å². The number of rotatable bonds is 4. The summed E-state index contributed by atoms with van der Waals surface area (Å²) in [4.78, 5) is 4.10. The number of hydrogen-bond donors (Lipinski definition) is 2. The summed E-state index contributed by atoms with van der Waals surface area (Å²) in [5.74, 6) is -0.118. The largest absolute Gasteiger partial charge is 0.573 e. The predicted octanol–water partition coefficient (Wildman–Crippen LogP) is 3.36. The molecule has 8 heteroatoms. The summed E-state index contributed by atoms with van der Waals surface area (Å²) in [7, 11) is 0. The second-order valence-electron chi connectivity index (χ2n) is 3.93. The molecular weight excluding hydrogens is 303 g/mol. The number of alkyl halides is 3. The van der Waals surface area contributed by atoms with E-state index in [2.05, 4.69) is 15.0 Å². The zero-order chi connectivity index (χ0) is 15.5. The number of anilines is 2. The van der Waals surface area contributed by atoms with E-state index in [0.29, 0.717) is 5.56 Å². The van der Waals surface area contributed by atoms with Crippen LogP contribution in [0.25, 0.3) is 0 Å². The van der Waals surface area contributed by atoms with Gasteiger partial charge in [0.25, 0.3) is 0 Å². The van der Waals surface area contributed by atoms with Gasteiger partial charge in [-0.3, -0.25) is 0 Å². The first-order chi connectivity index (χ1) is 9.87. The van der Waals surface area contributed by atoms with Gasteiger partial charge in [0.15, 0.2) is 5.75 Å². The van der Waals surface area contributed by atoms with Crippen molar-refractivity contribution in [2.75, 3.05) is 5.32 Å². The van der Waals surface area contributed by atoms with Crippen molar-refractivity contribution < 1.29 is 17.9 Å². The zero-order valence-corrected chi connectivity index (χ0v) is 11.3. The molecule has 0 saturated heterocycles. The average molecular weight is 313 g/mol. The van der Waals surface area contributed by atoms with Crippen molar-refractivity contribution in [1.29, 1.82) is 0 Å². The molecule has 0 bridgehead atoms. The minimum Gasteiger partial charge on any atom is -0.404 e. The maximum atomic E-state index is 12.4. The maximum absolute atomic E-state index is 12.4. The molecule has 1 heterocycles. The number of nitrogens with two attached hydrogens (primary N) is 1. The van der Waals surface area contributed by atoms with Crippen LogP contribution >= 0.6 is 12.2 Å². The molecule has 1 aromatic heterocycles. The van der Waals surface area contributed by atoms with Gasteiger partial charge in [0.05, 0.1) is 11.3 Å². The van der Waals surface area contributed by atoms with Gasteiger partial charge in [0, 0.05) is 6.20 Å². The monoisotopic (exact) mass is 313 g/mol. The van der Waals surface area contributed by atoms with Crippen molar-refractivity contribution in [1.82, 2.24) is 4.98 Å². The smallest absolute Gasteiger partial charge is 0.404 e. The summed E-state index contributed by atoms with van der Waals surface area (Å²) in [6, 6.07) is 8.86. The van der Waals surface area contributed by atoms with E-state index >= 15 is 0 Å². The second kappa shape index (κ2) is 5.96. The average Bonchev–Trinajstić information content (AvgIpc) is 2.40. The summed E-state index contributed by atoms with van der Waals surface area (Å²) >= 11 is 4.87. The van der Waals surface area contributed by atoms with Crippen molar-refractivity contribution in [3.63, 3.8) is 0 Å². The first kappa shape index (κ1) is 15.0. The molecule has 2 rings (SSSR count). The molecule has 0 saturated carbocycles. The number of nitrogens with zero attached hydrogens (tertiary/aromatic N) is 1. The van der Waals surface area contributed by atoms with Gasteiger partial charge in [-0.15, -0.1) is 13.2 Å². The molecule has 0 aliphatic rings. The summed E-state index contributed by atoms with van der Waals surface area (Å²) in [6.45, 7) is 0. The van der Waals surface area contributed by atoms with Crippen molar-refractivity contribution in [3.05, 3.63) is 48.2 Å². The molecule has 0 atom stereocenters. The molecule has 0 amide bonds. The fraction of sp³-hybridized carbons (Fsp3) is 0.0769. The lowest BCUT2D eigenvalue weighted by Gasteiger charge is -2.15. The molecule has 0 radical (unpaired) electrons. The topological polar surface area (TPSA) is 60.2 Å². The van der Waals surface area contributed by atoms with Gasteiger partial charge in [0.2, 0.25) is 0 Å². The molecular formula is C13H10F3N3OS. The van der Waals surface area contributed by atoms with Gasteiger partial charge in [-0.25, -0.2) is 4.98 Å². The van der Waals surface area contributed by atoms with E-state index in [1.54, 1.807) is 18.2 Å². The minimum atomic E-state index is -4.78. The van der Waals surface area contributed by atoms with E-state index in [0.717, 1.165) is 0 Å². The molecule has 110 valence electrons. The predicted molar refractivity (Wildman–Crippen MR) is 76.5 cm³/mol. The standard InChI is InChI=1S/C13H10F3N3OS/c14-13(15,16)20-10-6-2-1-5-9(10)19-12-8(11(17)21)4-3-7-18-12/h1-7H,(H2,17,21)(H,18,19). The number of benzene rings is 1. The zero-order valence-electron chi connectivity index (χ0n) is 10.5. The van der Waals surface area contributed by atoms with Crippen LogP contribution in [0.15, 0.2) is 42.6 Å². The summed E-state index contributed by atoms with van der Waals surface area (Å²) in [5, 5.41) is 2.74. The van der Waals surface area contributed by atoms with Crippen LogP contribution < -0.4 is 15.8 Å². The molecule has 0 aliphatic carbocycles. The van der Waals surface area contributed by atoms with Crippen LogP contribution in [0.5, 0.6) is 5.75 Å². The van der Waals surface area contributed by atoms with Gasteiger partial charge < -0.3 is 15.8 Å². The lowest BCUT2D eigenvalue weighted by molar-refractivity contribution is -0.274. The highest BCUT2D eigenvalue weighted by Gasteiger charge is 2.32. The Kier molecular flexibility index (Phi) is 4.27. The molecule has 0 aliphatic heterocycles. The fourth-order valence-electron chi connectivity index (χ4n) is 1.61. The van der Waals surface area contributed by atoms with Gasteiger partial charge in [0.1, 0.15) is 10.8 Å². The minimum absolute atomic E-state index is 0.0832. The number of aromatic nitrogens is 1. The molecule has 4 nitrogen and oxygen atoms in total. The first-order valence-electron chi connectivity index (χ1n) is 5.73. The van der Waals surface area contributed by atoms with Crippen LogP contribution in [-0.4, -0.2) is 16.3 Å². The quantitative estimate of drug-likeness (QED) is 0.848. The summed E-state index contributed by atoms with van der Waals surface area (Å²) in [5.41, 5.74) is 6.08. The van der Waals surface area contributed by atoms with Crippen LogP contribution in [0.3, 0.4) is 0 Å². The molecule has 1 aromatic carbocycles. The van der Waals surface area contributed by atoms with E-state index in [4.69, 9.17) is 18.0 Å². The van der Waals surface area contributed by atoms with Crippen LogP contribution in [0.4, 0.5) is 24.7 Å². The van der Waals surface area contributed by atoms with Crippen molar-refractivity contribution in [2.45, 2.75) is 6.36 Å².